The van der Waals surface area contributed by atoms with Gasteiger partial charge in [0.05, 0.1) is 31.1 Å². The van der Waals surface area contributed by atoms with Gasteiger partial charge in [-0.15, -0.1) is 11.3 Å². The zero-order chi connectivity index (χ0) is 22.7. The summed E-state index contributed by atoms with van der Waals surface area (Å²) >= 11 is 1.47. The maximum Gasteiger partial charge on any atom is 0.339 e. The number of rotatable bonds is 6. The van der Waals surface area contributed by atoms with E-state index in [1.807, 2.05) is 6.07 Å². The zero-order valence-electron chi connectivity index (χ0n) is 18.8. The van der Waals surface area contributed by atoms with Gasteiger partial charge in [0.15, 0.2) is 5.13 Å². The molecule has 9 heteroatoms. The maximum atomic E-state index is 12.8. The summed E-state index contributed by atoms with van der Waals surface area (Å²) in [6.45, 7) is 9.29. The van der Waals surface area contributed by atoms with Crippen LogP contribution in [0.3, 0.4) is 0 Å². The molecule has 2 aliphatic heterocycles. The lowest BCUT2D eigenvalue weighted by Crippen LogP contribution is -2.40. The van der Waals surface area contributed by atoms with Crippen molar-refractivity contribution in [2.24, 2.45) is 5.92 Å². The predicted molar refractivity (Wildman–Crippen MR) is 125 cm³/mol. The second-order valence-electron chi connectivity index (χ2n) is 8.60. The minimum Gasteiger partial charge on any atom is -0.465 e. The van der Waals surface area contributed by atoms with Crippen LogP contribution in [-0.4, -0.2) is 67.8 Å². The molecule has 2 aromatic rings. The Kier molecular flexibility index (Phi) is 7.07. The van der Waals surface area contributed by atoms with Crippen LogP contribution < -0.4 is 10.2 Å². The quantitative estimate of drug-likeness (QED) is 0.665. The summed E-state index contributed by atoms with van der Waals surface area (Å²) in [6.07, 6.45) is 1.33. The maximum absolute atomic E-state index is 12.8. The van der Waals surface area contributed by atoms with Gasteiger partial charge >= 0.3 is 5.97 Å². The van der Waals surface area contributed by atoms with Gasteiger partial charge in [-0.3, -0.25) is 9.69 Å². The molecule has 1 aromatic carbocycles. The van der Waals surface area contributed by atoms with E-state index >= 15 is 0 Å². The predicted octanol–water partition coefficient (Wildman–Crippen LogP) is 3.25. The van der Waals surface area contributed by atoms with Crippen molar-refractivity contribution in [3.05, 3.63) is 40.4 Å². The fourth-order valence-electron chi connectivity index (χ4n) is 4.18. The Morgan fingerprint density at radius 1 is 1.28 bits per heavy atom. The lowest BCUT2D eigenvalue weighted by molar-refractivity contribution is -0.0212. The Labute approximate surface area is 192 Å². The van der Waals surface area contributed by atoms with Crippen molar-refractivity contribution in [2.45, 2.75) is 32.9 Å². The van der Waals surface area contributed by atoms with Crippen LogP contribution in [0.5, 0.6) is 0 Å². The number of carbonyl (C=O) groups is 2. The molecule has 1 aromatic heterocycles. The molecule has 2 saturated heterocycles. The van der Waals surface area contributed by atoms with Crippen LogP contribution in [-0.2, 0) is 16.0 Å². The molecule has 2 fully saturated rings. The highest BCUT2D eigenvalue weighted by Crippen LogP contribution is 2.27. The van der Waals surface area contributed by atoms with Crippen LogP contribution in [0.15, 0.2) is 23.6 Å². The Balaban J connectivity index is 1.48. The van der Waals surface area contributed by atoms with Crippen LogP contribution in [0.25, 0.3) is 0 Å². The van der Waals surface area contributed by atoms with E-state index in [1.54, 1.807) is 17.5 Å². The average molecular weight is 459 g/mol. The van der Waals surface area contributed by atoms with E-state index < -0.39 is 5.97 Å². The number of ether oxygens (including phenoxy) is 2. The summed E-state index contributed by atoms with van der Waals surface area (Å²) in [7, 11) is 1.34. The number of nitrogens with one attached hydrogen (secondary N) is 1. The molecule has 0 aliphatic carbocycles. The lowest BCUT2D eigenvalue weighted by Gasteiger charge is -2.31. The fourth-order valence-corrected chi connectivity index (χ4v) is 5.02. The monoisotopic (exact) mass is 458 g/mol. The summed E-state index contributed by atoms with van der Waals surface area (Å²) < 4.78 is 10.6. The molecule has 8 nitrogen and oxygen atoms in total. The summed E-state index contributed by atoms with van der Waals surface area (Å²) in [4.78, 5) is 34.3. The summed E-state index contributed by atoms with van der Waals surface area (Å²) in [6, 6.07) is 5.48. The van der Waals surface area contributed by atoms with Gasteiger partial charge in [0, 0.05) is 38.1 Å². The summed E-state index contributed by atoms with van der Waals surface area (Å²) in [5.74, 6) is -0.180. The van der Waals surface area contributed by atoms with E-state index in [-0.39, 0.29) is 12.0 Å². The average Bonchev–Trinajstić information content (AvgIpc) is 3.43. The van der Waals surface area contributed by atoms with Gasteiger partial charge in [-0.25, -0.2) is 9.78 Å². The molecule has 0 radical (unpaired) electrons. The highest BCUT2D eigenvalue weighted by atomic mass is 32.1. The molecule has 3 heterocycles. The van der Waals surface area contributed by atoms with Crippen LogP contribution in [0, 0.1) is 5.92 Å². The second-order valence-corrected chi connectivity index (χ2v) is 9.43. The molecular formula is C23H30N4O4S. The van der Waals surface area contributed by atoms with Gasteiger partial charge in [-0.1, -0.05) is 13.0 Å². The number of aromatic nitrogens is 1. The fraction of sp³-hybridized carbons (Fsp3) is 0.522. The highest BCUT2D eigenvalue weighted by molar-refractivity contribution is 7.14. The van der Waals surface area contributed by atoms with E-state index in [4.69, 9.17) is 9.47 Å². The Hall–Kier alpha value is -2.49. The molecule has 32 heavy (non-hydrogen) atoms. The lowest BCUT2D eigenvalue weighted by atomic mass is 10.1. The molecule has 0 spiro atoms. The normalized spacial score (nSPS) is 21.5. The van der Waals surface area contributed by atoms with E-state index in [0.717, 1.165) is 43.3 Å². The van der Waals surface area contributed by atoms with Gasteiger partial charge in [-0.05, 0) is 37.0 Å². The van der Waals surface area contributed by atoms with Crippen LogP contribution in [0.1, 0.15) is 46.7 Å². The number of methoxy groups -OCH3 is 1. The number of hydrogen-bond donors (Lipinski definition) is 1. The number of thiazole rings is 1. The second kappa shape index (κ2) is 9.97. The standard InChI is InChI=1S/C23H30N4O4S/c1-15-6-7-27(11-15)23-25-20(14-32-23)21(28)24-19-5-4-17(10-18(19)22(29)30-3)13-26-8-9-31-16(2)12-26/h4-5,10,14-16H,6-9,11-13H2,1-3H3,(H,24,28)/t15-,16-/m0/s1. The third-order valence-corrected chi connectivity index (χ3v) is 6.79. The SMILES string of the molecule is COC(=O)c1cc(CN2CCO[C@@H](C)C2)ccc1NC(=O)c1csc(N2CC[C@H](C)C2)n1. The third kappa shape index (κ3) is 5.28. The van der Waals surface area contributed by atoms with Gasteiger partial charge in [0.1, 0.15) is 5.69 Å². The number of carbonyl (C=O) groups excluding carboxylic acids is 2. The molecule has 4 rings (SSSR count). The number of anilines is 2. The number of nitrogens with zero attached hydrogens (tertiary/aromatic N) is 3. The first-order chi connectivity index (χ1) is 15.4. The number of benzene rings is 1. The van der Waals surface area contributed by atoms with E-state index in [9.17, 15) is 9.59 Å². The van der Waals surface area contributed by atoms with Crippen molar-refractivity contribution in [1.29, 1.82) is 0 Å². The largest absolute Gasteiger partial charge is 0.465 e. The van der Waals surface area contributed by atoms with Crippen LogP contribution in [0.4, 0.5) is 10.8 Å². The van der Waals surface area contributed by atoms with Gasteiger partial charge in [0.25, 0.3) is 5.91 Å². The topological polar surface area (TPSA) is 84.0 Å². The smallest absolute Gasteiger partial charge is 0.339 e. The summed E-state index contributed by atoms with van der Waals surface area (Å²) in [5, 5.41) is 5.47. The minimum absolute atomic E-state index is 0.189. The van der Waals surface area contributed by atoms with Crippen molar-refractivity contribution in [1.82, 2.24) is 9.88 Å². The number of hydrogen-bond acceptors (Lipinski definition) is 8. The first-order valence-corrected chi connectivity index (χ1v) is 11.9. The number of amides is 1. The Morgan fingerprint density at radius 3 is 2.84 bits per heavy atom. The minimum atomic E-state index is -0.484. The zero-order valence-corrected chi connectivity index (χ0v) is 19.6. The molecule has 0 bridgehead atoms. The molecule has 0 saturated carbocycles. The first kappa shape index (κ1) is 22.7. The van der Waals surface area contributed by atoms with Crippen molar-refractivity contribution in [3.8, 4) is 0 Å². The van der Waals surface area contributed by atoms with Gasteiger partial charge in [-0.2, -0.15) is 0 Å². The third-order valence-electron chi connectivity index (χ3n) is 5.89. The van der Waals surface area contributed by atoms with Crippen molar-refractivity contribution in [3.63, 3.8) is 0 Å². The molecule has 2 aliphatic rings. The van der Waals surface area contributed by atoms with E-state index in [1.165, 1.54) is 18.4 Å². The number of morpholine rings is 1. The van der Waals surface area contributed by atoms with Crippen molar-refractivity contribution < 1.29 is 19.1 Å². The van der Waals surface area contributed by atoms with Gasteiger partial charge in [0.2, 0.25) is 0 Å². The van der Waals surface area contributed by atoms with Gasteiger partial charge < -0.3 is 19.7 Å². The summed E-state index contributed by atoms with van der Waals surface area (Å²) in [5.41, 5.74) is 2.09. The first-order valence-electron chi connectivity index (χ1n) is 11.0. The molecule has 0 unspecified atom stereocenters. The molecule has 1 N–H and O–H groups in total. The van der Waals surface area contributed by atoms with Crippen LogP contribution in [0.2, 0.25) is 0 Å². The van der Waals surface area contributed by atoms with Crippen molar-refractivity contribution in [2.75, 3.05) is 50.1 Å². The molecule has 2 atom stereocenters. The Bertz CT molecular complexity index is 979. The van der Waals surface area contributed by atoms with Crippen LogP contribution >= 0.6 is 11.3 Å². The van der Waals surface area contributed by atoms with E-state index in [2.05, 4.69) is 33.9 Å². The molecular weight excluding hydrogens is 428 g/mol. The molecule has 172 valence electrons. The van der Waals surface area contributed by atoms with Crippen molar-refractivity contribution >= 4 is 34.0 Å². The van der Waals surface area contributed by atoms with E-state index in [0.29, 0.717) is 36.0 Å². The highest BCUT2D eigenvalue weighted by Gasteiger charge is 2.24. The Morgan fingerprint density at radius 2 is 2.12 bits per heavy atom. The molecule has 1 amide bonds. The number of esters is 1.